The van der Waals surface area contributed by atoms with E-state index in [0.29, 0.717) is 12.6 Å². The van der Waals surface area contributed by atoms with Gasteiger partial charge in [-0.1, -0.05) is 54.6 Å². The number of hydrogen-bond donors (Lipinski definition) is 0. The highest BCUT2D eigenvalue weighted by molar-refractivity contribution is 6.00. The molecule has 3 aromatic carbocycles. The molecule has 0 unspecified atom stereocenters. The molecule has 0 spiro atoms. The molecule has 0 bridgehead atoms. The lowest BCUT2D eigenvalue weighted by molar-refractivity contribution is 0.843. The molecular formula is C20H17N4. The minimum Gasteiger partial charge on any atom is -0.289 e. The monoisotopic (exact) mass is 313 g/mol. The number of benzene rings is 3. The van der Waals surface area contributed by atoms with Crippen molar-refractivity contribution in [2.45, 2.75) is 0 Å². The van der Waals surface area contributed by atoms with Crippen LogP contribution in [0.2, 0.25) is 0 Å². The molecule has 0 amide bonds. The van der Waals surface area contributed by atoms with Crippen molar-refractivity contribution in [1.82, 2.24) is 5.43 Å². The van der Waals surface area contributed by atoms with Gasteiger partial charge < -0.3 is 0 Å². The third-order valence-electron chi connectivity index (χ3n) is 3.83. The number of aliphatic imine (C=N–C) groups is 1. The van der Waals surface area contributed by atoms with Crippen LogP contribution in [0.5, 0.6) is 0 Å². The zero-order valence-electron chi connectivity index (χ0n) is 13.2. The Bertz CT molecular complexity index is 816. The van der Waals surface area contributed by atoms with Gasteiger partial charge in [0.15, 0.2) is 0 Å². The quantitative estimate of drug-likeness (QED) is 0.727. The van der Waals surface area contributed by atoms with E-state index in [4.69, 9.17) is 10.4 Å². The Kier molecular flexibility index (Phi) is 3.86. The molecule has 0 N–H and O–H groups in total. The second kappa shape index (κ2) is 6.46. The summed E-state index contributed by atoms with van der Waals surface area (Å²) < 4.78 is 0. The second-order valence-electron chi connectivity index (χ2n) is 5.49. The molecule has 1 saturated heterocycles. The molecule has 3 aromatic rings. The van der Waals surface area contributed by atoms with Crippen molar-refractivity contribution in [2.24, 2.45) is 4.99 Å². The molecule has 117 valence electrons. The Morgan fingerprint density at radius 1 is 0.667 bits per heavy atom. The van der Waals surface area contributed by atoms with E-state index in [1.807, 2.05) is 71.7 Å². The van der Waals surface area contributed by atoms with Crippen LogP contribution in [0.15, 0.2) is 96.0 Å². The maximum atomic E-state index is 4.73. The summed E-state index contributed by atoms with van der Waals surface area (Å²) in [6.07, 6.45) is 0. The Balaban J connectivity index is 1.70. The molecule has 1 aliphatic rings. The number of guanidine groups is 1. The largest absolute Gasteiger partial charge is 0.289 e. The molecule has 0 aromatic heterocycles. The third kappa shape index (κ3) is 2.94. The molecule has 4 nitrogen and oxygen atoms in total. The van der Waals surface area contributed by atoms with Gasteiger partial charge in [0.1, 0.15) is 6.67 Å². The predicted octanol–water partition coefficient (Wildman–Crippen LogP) is 4.18. The van der Waals surface area contributed by atoms with Crippen molar-refractivity contribution < 1.29 is 0 Å². The summed E-state index contributed by atoms with van der Waals surface area (Å²) in [5.74, 6) is 0.691. The van der Waals surface area contributed by atoms with E-state index < -0.39 is 0 Å². The molecular weight excluding hydrogens is 296 g/mol. The average Bonchev–Trinajstić information content (AvgIpc) is 3.08. The first-order chi connectivity index (χ1) is 11.9. The average molecular weight is 313 g/mol. The Hall–Kier alpha value is -3.27. The Labute approximate surface area is 141 Å². The van der Waals surface area contributed by atoms with Crippen molar-refractivity contribution in [3.05, 3.63) is 91.0 Å². The predicted molar refractivity (Wildman–Crippen MR) is 98.4 cm³/mol. The lowest BCUT2D eigenvalue weighted by Crippen LogP contribution is -2.26. The summed E-state index contributed by atoms with van der Waals surface area (Å²) in [5.41, 5.74) is 7.75. The van der Waals surface area contributed by atoms with Gasteiger partial charge >= 0.3 is 0 Å². The first-order valence-corrected chi connectivity index (χ1v) is 7.91. The summed E-state index contributed by atoms with van der Waals surface area (Å²) in [4.78, 5) is 6.84. The van der Waals surface area contributed by atoms with Gasteiger partial charge in [-0.05, 0) is 36.4 Å². The van der Waals surface area contributed by atoms with Gasteiger partial charge in [-0.15, -0.1) is 5.43 Å². The van der Waals surface area contributed by atoms with Crippen LogP contribution in [0.1, 0.15) is 0 Å². The highest BCUT2D eigenvalue weighted by atomic mass is 15.7. The molecule has 1 fully saturated rings. The molecule has 0 saturated carbocycles. The standard InChI is InChI=1S/C20H17N4/c1-4-10-17(11-5-1)21-20-22-24(19-14-8-3-9-15-19)16-23(20)18-12-6-2-7-13-18/h1-15H,16H2. The van der Waals surface area contributed by atoms with Crippen LogP contribution in [0, 0.1) is 0 Å². The zero-order valence-corrected chi connectivity index (χ0v) is 13.2. The summed E-state index contributed by atoms with van der Waals surface area (Å²) in [7, 11) is 0. The van der Waals surface area contributed by atoms with Crippen molar-refractivity contribution in [2.75, 3.05) is 16.6 Å². The summed E-state index contributed by atoms with van der Waals surface area (Å²) in [6, 6.07) is 30.3. The van der Waals surface area contributed by atoms with Crippen LogP contribution in [0.3, 0.4) is 0 Å². The maximum Gasteiger partial charge on any atom is 0.249 e. The normalized spacial score (nSPS) is 15.6. The van der Waals surface area contributed by atoms with Crippen molar-refractivity contribution >= 4 is 23.0 Å². The first-order valence-electron chi connectivity index (χ1n) is 7.91. The van der Waals surface area contributed by atoms with Crippen LogP contribution in [0.4, 0.5) is 17.1 Å². The fraction of sp³-hybridized carbons (Fsp3) is 0.0500. The highest BCUT2D eigenvalue weighted by Gasteiger charge is 2.29. The number of hydrogen-bond acceptors (Lipinski definition) is 2. The lowest BCUT2D eigenvalue weighted by Gasteiger charge is -2.17. The number of nitrogens with zero attached hydrogens (tertiary/aromatic N) is 4. The number of para-hydroxylation sites is 3. The fourth-order valence-electron chi connectivity index (χ4n) is 2.64. The van der Waals surface area contributed by atoms with E-state index in [1.165, 1.54) is 0 Å². The topological polar surface area (TPSA) is 32.9 Å². The zero-order chi connectivity index (χ0) is 16.2. The fourth-order valence-corrected chi connectivity index (χ4v) is 2.64. The number of rotatable bonds is 3. The minimum atomic E-state index is 0.639. The van der Waals surface area contributed by atoms with Gasteiger partial charge in [0.05, 0.1) is 11.4 Å². The second-order valence-corrected chi connectivity index (χ2v) is 5.49. The highest BCUT2D eigenvalue weighted by Crippen LogP contribution is 2.24. The van der Waals surface area contributed by atoms with Gasteiger partial charge in [0.25, 0.3) is 0 Å². The smallest absolute Gasteiger partial charge is 0.249 e. The van der Waals surface area contributed by atoms with Gasteiger partial charge in [-0.2, -0.15) is 0 Å². The number of anilines is 2. The van der Waals surface area contributed by atoms with E-state index in [1.54, 1.807) is 0 Å². The molecule has 4 heteroatoms. The van der Waals surface area contributed by atoms with E-state index >= 15 is 0 Å². The van der Waals surface area contributed by atoms with Crippen LogP contribution in [-0.4, -0.2) is 12.6 Å². The molecule has 0 aliphatic carbocycles. The Morgan fingerprint density at radius 3 is 1.83 bits per heavy atom. The SMILES string of the molecule is c1ccc(N=C2[N]N(c3ccccc3)CN2c2ccccc2)cc1. The molecule has 1 aliphatic heterocycles. The van der Waals surface area contributed by atoms with Gasteiger partial charge in [-0.25, -0.2) is 10.0 Å². The van der Waals surface area contributed by atoms with Gasteiger partial charge in [-0.3, -0.25) is 4.90 Å². The van der Waals surface area contributed by atoms with Crippen LogP contribution < -0.4 is 15.3 Å². The van der Waals surface area contributed by atoms with Crippen LogP contribution in [-0.2, 0) is 0 Å². The summed E-state index contributed by atoms with van der Waals surface area (Å²) >= 11 is 0. The molecule has 1 heterocycles. The lowest BCUT2D eigenvalue weighted by atomic mass is 10.3. The van der Waals surface area contributed by atoms with Gasteiger partial charge in [0.2, 0.25) is 5.96 Å². The van der Waals surface area contributed by atoms with E-state index in [2.05, 4.69) is 29.2 Å². The summed E-state index contributed by atoms with van der Waals surface area (Å²) in [6.45, 7) is 0.639. The van der Waals surface area contributed by atoms with E-state index in [0.717, 1.165) is 17.1 Å². The van der Waals surface area contributed by atoms with E-state index in [9.17, 15) is 0 Å². The van der Waals surface area contributed by atoms with Crippen molar-refractivity contribution in [3.8, 4) is 0 Å². The maximum absolute atomic E-state index is 4.73. The minimum absolute atomic E-state index is 0.639. The molecule has 4 rings (SSSR count). The van der Waals surface area contributed by atoms with Crippen LogP contribution in [0.25, 0.3) is 0 Å². The van der Waals surface area contributed by atoms with Crippen molar-refractivity contribution in [3.63, 3.8) is 0 Å². The van der Waals surface area contributed by atoms with Crippen molar-refractivity contribution in [1.29, 1.82) is 0 Å². The Morgan fingerprint density at radius 2 is 1.21 bits per heavy atom. The first kappa shape index (κ1) is 14.3. The van der Waals surface area contributed by atoms with Gasteiger partial charge in [0, 0.05) is 5.69 Å². The molecule has 24 heavy (non-hydrogen) atoms. The molecule has 1 radical (unpaired) electrons. The van der Waals surface area contributed by atoms with Crippen LogP contribution >= 0.6 is 0 Å². The summed E-state index contributed by atoms with van der Waals surface area (Å²) in [5, 5.41) is 1.97. The van der Waals surface area contributed by atoms with E-state index in [-0.39, 0.29) is 0 Å². The molecule has 0 atom stereocenters. The third-order valence-corrected chi connectivity index (χ3v) is 3.83.